The lowest BCUT2D eigenvalue weighted by Crippen LogP contribution is -2.43. The summed E-state index contributed by atoms with van der Waals surface area (Å²) in [4.78, 5) is 33.3. The highest BCUT2D eigenvalue weighted by Crippen LogP contribution is 2.41. The van der Waals surface area contributed by atoms with Gasteiger partial charge in [-0.25, -0.2) is 9.18 Å². The van der Waals surface area contributed by atoms with Crippen molar-refractivity contribution in [3.63, 3.8) is 0 Å². The van der Waals surface area contributed by atoms with Gasteiger partial charge in [-0.05, 0) is 6.85 Å². The predicted octanol–water partition coefficient (Wildman–Crippen LogP) is -1.08. The normalized spacial score (nSPS) is 36.7. The number of aliphatic hydroxyl groups excluding tert-OH is 1. The van der Waals surface area contributed by atoms with Crippen LogP contribution in [-0.4, -0.2) is 44.0 Å². The van der Waals surface area contributed by atoms with E-state index in [4.69, 9.17) is 13.7 Å². The summed E-state index contributed by atoms with van der Waals surface area (Å²) in [5, 5.41) is 10.0. The van der Waals surface area contributed by atoms with Crippen LogP contribution in [0.25, 0.3) is 0 Å². The molecule has 1 fully saturated rings. The maximum atomic E-state index is 15.2. The van der Waals surface area contributed by atoms with E-state index in [-0.39, 0.29) is 0 Å². The Bertz CT molecular complexity index is 753. The zero-order valence-corrected chi connectivity index (χ0v) is 11.4. The molecule has 9 nitrogen and oxygen atoms in total. The van der Waals surface area contributed by atoms with E-state index < -0.39 is 57.1 Å². The summed E-state index contributed by atoms with van der Waals surface area (Å²) in [5.41, 5.74) is -5.37. The maximum Gasteiger partial charge on any atom is 0.330 e. The van der Waals surface area contributed by atoms with Crippen molar-refractivity contribution in [2.24, 2.45) is 0 Å². The number of ether oxygens (including phenoxy) is 1. The molecule has 2 rings (SSSR count). The molecule has 0 saturated carbocycles. The lowest BCUT2D eigenvalue weighted by molar-refractivity contribution is -0.0587. The van der Waals surface area contributed by atoms with Gasteiger partial charge in [0.1, 0.15) is 12.2 Å². The number of nitrogens with zero attached hydrogens (tertiary/aromatic N) is 1. The number of hydrogen-bond acceptors (Lipinski definition) is 6. The molecule has 2 heterocycles. The minimum atomic E-state index is -3.43. The molecule has 0 aromatic carbocycles. The van der Waals surface area contributed by atoms with Crippen molar-refractivity contribution < 1.29 is 32.3 Å². The largest absolute Gasteiger partial charge is 0.387 e. The molecule has 1 aliphatic heterocycles. The molecule has 1 saturated heterocycles. The SMILES string of the molecule is [2H][13C]([2H])([2H])[C@@]1(F)[C@H](O)[C@@H](CO[PH](=O)O)O[C@H]1n1ccc(=O)[nH]c1=O. The van der Waals surface area contributed by atoms with E-state index in [9.17, 15) is 19.3 Å². The maximum absolute atomic E-state index is 15.2. The van der Waals surface area contributed by atoms with Gasteiger partial charge >= 0.3 is 13.9 Å². The van der Waals surface area contributed by atoms with E-state index in [0.29, 0.717) is 4.57 Å². The summed E-state index contributed by atoms with van der Waals surface area (Å²) in [7, 11) is -3.43. The summed E-state index contributed by atoms with van der Waals surface area (Å²) in [6, 6.07) is 0.841. The Morgan fingerprint density at radius 3 is 3.00 bits per heavy atom. The summed E-state index contributed by atoms with van der Waals surface area (Å²) < 4.78 is 57.8. The van der Waals surface area contributed by atoms with Gasteiger partial charge in [0.05, 0.1) is 6.61 Å². The Hall–Kier alpha value is -1.32. The minimum Gasteiger partial charge on any atom is -0.387 e. The third-order valence-corrected chi connectivity index (χ3v) is 3.33. The van der Waals surface area contributed by atoms with Crippen molar-refractivity contribution in [3.8, 4) is 0 Å². The van der Waals surface area contributed by atoms with E-state index in [2.05, 4.69) is 4.52 Å². The van der Waals surface area contributed by atoms with Crippen LogP contribution >= 0.6 is 8.25 Å². The molecule has 11 heteroatoms. The van der Waals surface area contributed by atoms with Gasteiger partial charge in [-0.3, -0.25) is 18.9 Å². The topological polar surface area (TPSA) is 131 Å². The molecular formula is C10H14FN2O7P. The Labute approximate surface area is 122 Å². The molecule has 118 valence electrons. The molecule has 1 aromatic heterocycles. The number of hydrogen-bond donors (Lipinski definition) is 3. The number of aromatic amines is 1. The van der Waals surface area contributed by atoms with Crippen LogP contribution in [0.5, 0.6) is 0 Å². The quantitative estimate of drug-likeness (QED) is 0.473. The molecule has 0 aliphatic carbocycles. The van der Waals surface area contributed by atoms with Crippen molar-refractivity contribution >= 4 is 8.25 Å². The van der Waals surface area contributed by atoms with Crippen molar-refractivity contribution in [1.29, 1.82) is 0 Å². The first kappa shape index (κ1) is 12.2. The van der Waals surface area contributed by atoms with Crippen LogP contribution in [0.3, 0.4) is 0 Å². The van der Waals surface area contributed by atoms with Crippen LogP contribution in [-0.2, 0) is 13.8 Å². The highest BCUT2D eigenvalue weighted by Gasteiger charge is 2.55. The Balaban J connectivity index is 2.49. The molecule has 21 heavy (non-hydrogen) atoms. The molecule has 1 unspecified atom stereocenters. The first-order valence-electron chi connectivity index (χ1n) is 7.18. The first-order valence-corrected chi connectivity index (χ1v) is 6.94. The lowest BCUT2D eigenvalue weighted by Gasteiger charge is -2.24. The molecule has 0 bridgehead atoms. The summed E-state index contributed by atoms with van der Waals surface area (Å²) in [6.45, 7) is -4.18. The van der Waals surface area contributed by atoms with Gasteiger partial charge < -0.3 is 19.3 Å². The molecule has 0 amide bonds. The van der Waals surface area contributed by atoms with Crippen molar-refractivity contribution in [3.05, 3.63) is 33.1 Å². The minimum absolute atomic E-state index is 0.471. The van der Waals surface area contributed by atoms with Crippen LogP contribution in [0.1, 0.15) is 17.2 Å². The lowest BCUT2D eigenvalue weighted by atomic mass is 10.0. The van der Waals surface area contributed by atoms with Crippen LogP contribution in [0.4, 0.5) is 4.39 Å². The number of aromatic nitrogens is 2. The van der Waals surface area contributed by atoms with E-state index in [1.807, 2.05) is 4.98 Å². The number of rotatable bonds is 4. The van der Waals surface area contributed by atoms with Crippen molar-refractivity contribution in [2.45, 2.75) is 31.0 Å². The van der Waals surface area contributed by atoms with E-state index in [1.54, 1.807) is 0 Å². The highest BCUT2D eigenvalue weighted by molar-refractivity contribution is 7.32. The third kappa shape index (κ3) is 3.14. The van der Waals surface area contributed by atoms with E-state index in [0.717, 1.165) is 12.3 Å². The monoisotopic (exact) mass is 328 g/mol. The van der Waals surface area contributed by atoms with Crippen LogP contribution in [0.15, 0.2) is 21.9 Å². The average molecular weight is 328 g/mol. The van der Waals surface area contributed by atoms with Crippen LogP contribution in [0, 0.1) is 0 Å². The van der Waals surface area contributed by atoms with E-state index in [1.165, 1.54) is 0 Å². The molecular weight excluding hydrogens is 311 g/mol. The molecule has 0 spiro atoms. The Kier molecular flexibility index (Phi) is 3.39. The van der Waals surface area contributed by atoms with Crippen molar-refractivity contribution in [1.82, 2.24) is 9.55 Å². The standard InChI is InChI=1S/C10H14FN2O7P/c1-10(11)7(15)5(4-19-21(17)18)20-8(10)13-3-2-6(14)12-9(13)16/h2-3,5,7-8,15,21H,4H2,1H3,(H,17,18)(H,12,14,16)/t5-,7-,8-,10-/m1/s1/i1+1D3. The number of aliphatic hydroxyl groups is 1. The third-order valence-electron chi connectivity index (χ3n) is 2.92. The number of halogens is 1. The number of nitrogens with one attached hydrogen (secondary N) is 1. The van der Waals surface area contributed by atoms with Gasteiger partial charge in [-0.1, -0.05) is 0 Å². The second-order valence-electron chi connectivity index (χ2n) is 4.33. The summed E-state index contributed by atoms with van der Waals surface area (Å²) in [6.07, 6.45) is -5.20. The van der Waals surface area contributed by atoms with Gasteiger partial charge in [0.15, 0.2) is 11.9 Å². The van der Waals surface area contributed by atoms with Gasteiger partial charge in [-0.15, -0.1) is 0 Å². The highest BCUT2D eigenvalue weighted by atomic mass is 31.1. The second-order valence-corrected chi connectivity index (χ2v) is 5.15. The summed E-state index contributed by atoms with van der Waals surface area (Å²) >= 11 is 0. The molecule has 1 aliphatic rings. The molecule has 0 radical (unpaired) electrons. The molecule has 1 aromatic rings. The number of H-pyrrole nitrogens is 1. The average Bonchev–Trinajstić information content (AvgIpc) is 2.70. The van der Waals surface area contributed by atoms with Crippen LogP contribution < -0.4 is 11.2 Å². The number of alkyl halides is 1. The summed E-state index contributed by atoms with van der Waals surface area (Å²) in [5.74, 6) is 0. The zero-order chi connectivity index (χ0) is 18.3. The van der Waals surface area contributed by atoms with Gasteiger partial charge in [0.25, 0.3) is 5.56 Å². The fraction of sp³-hybridized carbons (Fsp3) is 0.600. The Morgan fingerprint density at radius 1 is 1.71 bits per heavy atom. The fourth-order valence-electron chi connectivity index (χ4n) is 1.92. The smallest absolute Gasteiger partial charge is 0.330 e. The van der Waals surface area contributed by atoms with Crippen LogP contribution in [0.2, 0.25) is 0 Å². The Morgan fingerprint density at radius 2 is 2.43 bits per heavy atom. The van der Waals surface area contributed by atoms with Gasteiger partial charge in [0, 0.05) is 16.4 Å². The zero-order valence-electron chi connectivity index (χ0n) is 13.4. The fourth-order valence-corrected chi connectivity index (χ4v) is 2.23. The van der Waals surface area contributed by atoms with Gasteiger partial charge in [-0.2, -0.15) is 0 Å². The van der Waals surface area contributed by atoms with Gasteiger partial charge in [0.2, 0.25) is 0 Å². The van der Waals surface area contributed by atoms with E-state index >= 15 is 4.39 Å². The molecule has 3 N–H and O–H groups in total. The molecule has 5 atom stereocenters. The van der Waals surface area contributed by atoms with Crippen molar-refractivity contribution in [2.75, 3.05) is 6.61 Å². The second kappa shape index (κ2) is 5.82. The predicted molar refractivity (Wildman–Crippen MR) is 67.9 cm³/mol. The first-order chi connectivity index (χ1) is 11.0.